The molecule has 1 unspecified atom stereocenters. The highest BCUT2D eigenvalue weighted by Gasteiger charge is 2.37. The van der Waals surface area contributed by atoms with E-state index in [9.17, 15) is 9.90 Å². The topological polar surface area (TPSA) is 61.8 Å². The maximum Gasteiger partial charge on any atom is 0.225 e. The van der Waals surface area contributed by atoms with Crippen LogP contribution >= 0.6 is 11.6 Å². The highest BCUT2D eigenvalue weighted by Crippen LogP contribution is 2.30. The van der Waals surface area contributed by atoms with Crippen LogP contribution in [0.25, 0.3) is 0 Å². The Morgan fingerprint density at radius 1 is 1.39 bits per heavy atom. The Morgan fingerprint density at radius 3 is 2.83 bits per heavy atom. The second-order valence-corrected chi connectivity index (χ2v) is 6.83. The minimum Gasteiger partial charge on any atom is -0.394 e. The van der Waals surface area contributed by atoms with Crippen molar-refractivity contribution < 1.29 is 14.6 Å². The Labute approximate surface area is 141 Å². The number of halogens is 1. The normalized spacial score (nSPS) is 23.7. The molecule has 6 heteroatoms. The molecule has 2 aliphatic heterocycles. The van der Waals surface area contributed by atoms with Gasteiger partial charge in [-0.3, -0.25) is 4.79 Å². The van der Waals surface area contributed by atoms with Gasteiger partial charge in [-0.1, -0.05) is 23.7 Å². The first-order valence-electron chi connectivity index (χ1n) is 8.14. The second-order valence-electron chi connectivity index (χ2n) is 6.42. The van der Waals surface area contributed by atoms with Crippen molar-refractivity contribution in [2.45, 2.75) is 24.8 Å². The molecule has 2 fully saturated rings. The van der Waals surface area contributed by atoms with E-state index in [0.29, 0.717) is 37.6 Å². The molecular formula is C17H23ClN2O3. The van der Waals surface area contributed by atoms with E-state index in [0.717, 1.165) is 18.7 Å². The Hall–Kier alpha value is -1.30. The van der Waals surface area contributed by atoms with Gasteiger partial charge in [0.25, 0.3) is 0 Å². The van der Waals surface area contributed by atoms with Gasteiger partial charge in [0.05, 0.1) is 28.8 Å². The molecule has 0 radical (unpaired) electrons. The zero-order chi connectivity index (χ0) is 16.3. The van der Waals surface area contributed by atoms with Crippen LogP contribution in [0.2, 0.25) is 5.02 Å². The molecule has 3 rings (SSSR count). The minimum atomic E-state index is -0.521. The van der Waals surface area contributed by atoms with Gasteiger partial charge in [-0.25, -0.2) is 0 Å². The van der Waals surface area contributed by atoms with Crippen LogP contribution in [0.3, 0.4) is 0 Å². The summed E-state index contributed by atoms with van der Waals surface area (Å²) in [5.41, 5.74) is 0.458. The fourth-order valence-electron chi connectivity index (χ4n) is 3.35. The lowest BCUT2D eigenvalue weighted by atomic mass is 9.90. The lowest BCUT2D eigenvalue weighted by Crippen LogP contribution is -2.56. The fraction of sp³-hybridized carbons (Fsp3) is 0.588. The number of amides is 1. The van der Waals surface area contributed by atoms with Gasteiger partial charge >= 0.3 is 0 Å². The van der Waals surface area contributed by atoms with Crippen LogP contribution < -0.4 is 10.2 Å². The van der Waals surface area contributed by atoms with Crippen molar-refractivity contribution in [3.63, 3.8) is 0 Å². The fourth-order valence-corrected chi connectivity index (χ4v) is 3.60. The number of anilines is 1. The maximum absolute atomic E-state index is 12.6. The number of ether oxygens (including phenoxy) is 1. The number of carbonyl (C=O) groups excluding carboxylic acids is 1. The van der Waals surface area contributed by atoms with Crippen molar-refractivity contribution in [2.24, 2.45) is 5.92 Å². The van der Waals surface area contributed by atoms with Crippen LogP contribution in [0.5, 0.6) is 0 Å². The van der Waals surface area contributed by atoms with E-state index < -0.39 is 5.54 Å². The molecule has 5 nitrogen and oxygen atoms in total. The quantitative estimate of drug-likeness (QED) is 0.879. The number of aliphatic hydroxyl groups is 1. The van der Waals surface area contributed by atoms with E-state index in [1.807, 2.05) is 24.3 Å². The lowest BCUT2D eigenvalue weighted by molar-refractivity contribution is -0.128. The van der Waals surface area contributed by atoms with Gasteiger partial charge in [0.15, 0.2) is 0 Å². The zero-order valence-electron chi connectivity index (χ0n) is 13.1. The molecule has 2 N–H and O–H groups in total. The first-order valence-corrected chi connectivity index (χ1v) is 8.51. The predicted molar refractivity (Wildman–Crippen MR) is 89.8 cm³/mol. The molecule has 1 amide bonds. The average Bonchev–Trinajstić information content (AvgIpc) is 3.06. The van der Waals surface area contributed by atoms with E-state index in [2.05, 4.69) is 10.2 Å². The van der Waals surface area contributed by atoms with Crippen molar-refractivity contribution in [2.75, 3.05) is 37.8 Å². The first-order chi connectivity index (χ1) is 11.1. The number of aliphatic hydroxyl groups excluding tert-OH is 1. The summed E-state index contributed by atoms with van der Waals surface area (Å²) in [5, 5.41) is 13.5. The van der Waals surface area contributed by atoms with Crippen LogP contribution in [-0.4, -0.2) is 49.5 Å². The van der Waals surface area contributed by atoms with Crippen molar-refractivity contribution in [1.82, 2.24) is 5.32 Å². The Morgan fingerprint density at radius 2 is 2.13 bits per heavy atom. The molecule has 0 saturated carbocycles. The van der Waals surface area contributed by atoms with E-state index >= 15 is 0 Å². The van der Waals surface area contributed by atoms with Crippen LogP contribution in [0.4, 0.5) is 5.69 Å². The molecule has 0 aromatic heterocycles. The summed E-state index contributed by atoms with van der Waals surface area (Å²) in [6.45, 7) is 2.60. The van der Waals surface area contributed by atoms with Gasteiger partial charge in [0.2, 0.25) is 5.91 Å². The number of nitrogens with zero attached hydrogens (tertiary/aromatic N) is 1. The standard InChI is InChI=1S/C17H23ClN2O3/c18-14-3-1-2-4-15(14)20-8-5-13(11-20)16(22)19-17(12-21)6-9-23-10-7-17/h1-4,13,21H,5-12H2,(H,19,22). The van der Waals surface area contributed by atoms with E-state index in [4.69, 9.17) is 16.3 Å². The predicted octanol–water partition coefficient (Wildman–Crippen LogP) is 1.82. The molecule has 0 spiro atoms. The largest absolute Gasteiger partial charge is 0.394 e. The van der Waals surface area contributed by atoms with E-state index in [1.165, 1.54) is 0 Å². The molecule has 2 saturated heterocycles. The lowest BCUT2D eigenvalue weighted by Gasteiger charge is -2.37. The molecule has 2 heterocycles. The SMILES string of the molecule is O=C(NC1(CO)CCOCC1)C1CCN(c2ccccc2Cl)C1. The summed E-state index contributed by atoms with van der Waals surface area (Å²) >= 11 is 6.24. The van der Waals surface area contributed by atoms with Crippen LogP contribution in [0.1, 0.15) is 19.3 Å². The molecule has 1 atom stereocenters. The van der Waals surface area contributed by atoms with Gasteiger partial charge in [-0.15, -0.1) is 0 Å². The molecule has 1 aromatic rings. The summed E-state index contributed by atoms with van der Waals surface area (Å²) in [4.78, 5) is 14.8. The second kappa shape index (κ2) is 7.07. The molecule has 0 bridgehead atoms. The number of nitrogens with one attached hydrogen (secondary N) is 1. The zero-order valence-corrected chi connectivity index (χ0v) is 13.9. The summed E-state index contributed by atoms with van der Waals surface area (Å²) in [5.74, 6) is -0.0481. The van der Waals surface area contributed by atoms with Gasteiger partial charge in [-0.2, -0.15) is 0 Å². The van der Waals surface area contributed by atoms with Crippen LogP contribution in [0.15, 0.2) is 24.3 Å². The van der Waals surface area contributed by atoms with Crippen LogP contribution in [0, 0.1) is 5.92 Å². The highest BCUT2D eigenvalue weighted by atomic mass is 35.5. The summed E-state index contributed by atoms with van der Waals surface area (Å²) in [7, 11) is 0. The molecular weight excluding hydrogens is 316 g/mol. The third-order valence-electron chi connectivity index (χ3n) is 4.89. The van der Waals surface area contributed by atoms with Crippen molar-refractivity contribution in [1.29, 1.82) is 0 Å². The number of carbonyl (C=O) groups is 1. The van der Waals surface area contributed by atoms with Gasteiger partial charge in [0.1, 0.15) is 0 Å². The number of rotatable bonds is 4. The third kappa shape index (κ3) is 3.62. The Balaban J connectivity index is 1.62. The number of hydrogen-bond donors (Lipinski definition) is 2. The third-order valence-corrected chi connectivity index (χ3v) is 5.21. The van der Waals surface area contributed by atoms with E-state index in [-0.39, 0.29) is 18.4 Å². The number of benzene rings is 1. The molecule has 126 valence electrons. The summed E-state index contributed by atoms with van der Waals surface area (Å²) in [6, 6.07) is 7.71. The molecule has 23 heavy (non-hydrogen) atoms. The molecule has 1 aromatic carbocycles. The monoisotopic (exact) mass is 338 g/mol. The first kappa shape index (κ1) is 16.6. The number of hydrogen-bond acceptors (Lipinski definition) is 4. The van der Waals surface area contributed by atoms with Gasteiger partial charge in [0, 0.05) is 26.3 Å². The summed E-state index contributed by atoms with van der Waals surface area (Å²) < 4.78 is 5.34. The molecule has 0 aliphatic carbocycles. The van der Waals surface area contributed by atoms with Gasteiger partial charge in [-0.05, 0) is 31.4 Å². The maximum atomic E-state index is 12.6. The van der Waals surface area contributed by atoms with E-state index in [1.54, 1.807) is 0 Å². The highest BCUT2D eigenvalue weighted by molar-refractivity contribution is 6.33. The van der Waals surface area contributed by atoms with Crippen molar-refractivity contribution >= 4 is 23.2 Å². The Kier molecular flexibility index (Phi) is 5.09. The molecule has 2 aliphatic rings. The smallest absolute Gasteiger partial charge is 0.225 e. The summed E-state index contributed by atoms with van der Waals surface area (Å²) in [6.07, 6.45) is 2.13. The van der Waals surface area contributed by atoms with Crippen LogP contribution in [-0.2, 0) is 9.53 Å². The van der Waals surface area contributed by atoms with Crippen molar-refractivity contribution in [3.05, 3.63) is 29.3 Å². The average molecular weight is 339 g/mol. The van der Waals surface area contributed by atoms with Crippen molar-refractivity contribution in [3.8, 4) is 0 Å². The number of para-hydroxylation sites is 1. The van der Waals surface area contributed by atoms with Gasteiger partial charge < -0.3 is 20.1 Å². The minimum absolute atomic E-state index is 0.0236. The Bertz CT molecular complexity index is 561.